The first-order chi connectivity index (χ1) is 9.64. The van der Waals surface area contributed by atoms with Gasteiger partial charge in [0.2, 0.25) is 11.8 Å². The van der Waals surface area contributed by atoms with Gasteiger partial charge in [-0.15, -0.1) is 0 Å². The van der Waals surface area contributed by atoms with E-state index in [-0.39, 0.29) is 29.4 Å². The Balaban J connectivity index is 2.38. The highest BCUT2D eigenvalue weighted by atomic mass is 32.2. The molecule has 2 aliphatic rings. The van der Waals surface area contributed by atoms with Crippen LogP contribution in [0.1, 0.15) is 27.7 Å². The minimum absolute atomic E-state index is 0.0425. The van der Waals surface area contributed by atoms with Gasteiger partial charge in [-0.25, -0.2) is 8.42 Å². The van der Waals surface area contributed by atoms with Gasteiger partial charge >= 0.3 is 0 Å². The van der Waals surface area contributed by atoms with Gasteiger partial charge in [-0.05, 0) is 17.9 Å². The zero-order chi connectivity index (χ0) is 15.9. The van der Waals surface area contributed by atoms with E-state index in [1.54, 1.807) is 0 Å². The number of carbonyl (C=O) groups is 2. The Morgan fingerprint density at radius 3 is 2.24 bits per heavy atom. The number of carbonyl (C=O) groups excluding carboxylic acids is 2. The van der Waals surface area contributed by atoms with Gasteiger partial charge in [0.05, 0.1) is 11.8 Å². The number of hydrogen-bond acceptors (Lipinski definition) is 4. The molecule has 2 rings (SSSR count). The summed E-state index contributed by atoms with van der Waals surface area (Å²) in [6.07, 6.45) is 1.51. The second kappa shape index (κ2) is 5.44. The fourth-order valence-corrected chi connectivity index (χ4v) is 4.18. The largest absolute Gasteiger partial charge is 0.342 e. The van der Waals surface area contributed by atoms with Crippen LogP contribution in [0.4, 0.5) is 0 Å². The van der Waals surface area contributed by atoms with Gasteiger partial charge in [0.1, 0.15) is 12.1 Å². The lowest BCUT2D eigenvalue weighted by Crippen LogP contribution is -2.68. The van der Waals surface area contributed by atoms with Crippen LogP contribution in [0.25, 0.3) is 0 Å². The predicted octanol–water partition coefficient (Wildman–Crippen LogP) is 0.305. The van der Waals surface area contributed by atoms with Gasteiger partial charge < -0.3 is 10.2 Å². The molecule has 0 radical (unpaired) electrons. The van der Waals surface area contributed by atoms with Crippen molar-refractivity contribution in [1.29, 1.82) is 0 Å². The maximum Gasteiger partial charge on any atom is 0.246 e. The summed E-state index contributed by atoms with van der Waals surface area (Å²) in [6, 6.07) is -1.78. The Kier molecular flexibility index (Phi) is 4.15. The molecule has 7 heteroatoms. The Morgan fingerprint density at radius 1 is 1.19 bits per heavy atom. The quantitative estimate of drug-likeness (QED) is 0.812. The van der Waals surface area contributed by atoms with E-state index in [9.17, 15) is 18.0 Å². The summed E-state index contributed by atoms with van der Waals surface area (Å²) in [5, 5.41) is 3.91. The molecular weight excluding hydrogens is 292 g/mol. The van der Waals surface area contributed by atoms with E-state index in [1.165, 1.54) is 11.0 Å². The monoisotopic (exact) mass is 314 g/mol. The Morgan fingerprint density at radius 2 is 1.81 bits per heavy atom. The van der Waals surface area contributed by atoms with Gasteiger partial charge in [-0.3, -0.25) is 9.59 Å². The average molecular weight is 314 g/mol. The van der Waals surface area contributed by atoms with Gasteiger partial charge in [0.25, 0.3) is 0 Å². The first kappa shape index (κ1) is 16.0. The maximum atomic E-state index is 12.7. The normalized spacial score (nSPS) is 32.1. The van der Waals surface area contributed by atoms with E-state index >= 15 is 0 Å². The van der Waals surface area contributed by atoms with Crippen LogP contribution in [0, 0.1) is 11.8 Å². The van der Waals surface area contributed by atoms with Crippen LogP contribution < -0.4 is 5.32 Å². The van der Waals surface area contributed by atoms with E-state index < -0.39 is 28.0 Å². The number of sulfone groups is 1. The van der Waals surface area contributed by atoms with E-state index in [0.717, 1.165) is 5.41 Å². The lowest BCUT2D eigenvalue weighted by atomic mass is 9.91. The highest BCUT2D eigenvalue weighted by molar-refractivity contribution is 7.94. The van der Waals surface area contributed by atoms with Crippen molar-refractivity contribution in [2.24, 2.45) is 11.8 Å². The summed E-state index contributed by atoms with van der Waals surface area (Å²) in [5.74, 6) is -0.672. The van der Waals surface area contributed by atoms with E-state index in [2.05, 4.69) is 5.32 Å². The summed E-state index contributed by atoms with van der Waals surface area (Å²) in [4.78, 5) is 26.5. The summed E-state index contributed by atoms with van der Waals surface area (Å²) in [6.45, 7) is 7.43. The van der Waals surface area contributed by atoms with Crippen molar-refractivity contribution < 1.29 is 18.0 Å². The molecule has 0 aromatic heterocycles. The molecule has 1 N–H and O–H groups in total. The fourth-order valence-electron chi connectivity index (χ4n) is 2.90. The molecule has 0 aliphatic carbocycles. The molecule has 6 nitrogen and oxygen atoms in total. The molecule has 3 unspecified atom stereocenters. The predicted molar refractivity (Wildman–Crippen MR) is 79.0 cm³/mol. The highest BCUT2D eigenvalue weighted by Crippen LogP contribution is 2.26. The zero-order valence-corrected chi connectivity index (χ0v) is 13.6. The molecule has 2 aliphatic heterocycles. The van der Waals surface area contributed by atoms with Crippen LogP contribution in [-0.4, -0.2) is 49.0 Å². The molecule has 118 valence electrons. The topological polar surface area (TPSA) is 83.6 Å². The average Bonchev–Trinajstić information content (AvgIpc) is 2.70. The lowest BCUT2D eigenvalue weighted by molar-refractivity contribution is -0.153. The van der Waals surface area contributed by atoms with Crippen molar-refractivity contribution in [3.05, 3.63) is 11.5 Å². The SMILES string of the molecule is CC(C)C1NC(=O)C(C(C)C)N(C2C=CS(=O)(=O)C2)C1=O. The third kappa shape index (κ3) is 2.97. The first-order valence-corrected chi connectivity index (χ1v) is 8.89. The molecule has 21 heavy (non-hydrogen) atoms. The van der Waals surface area contributed by atoms with Crippen molar-refractivity contribution in [1.82, 2.24) is 10.2 Å². The van der Waals surface area contributed by atoms with E-state index in [4.69, 9.17) is 0 Å². The van der Waals surface area contributed by atoms with E-state index in [0.29, 0.717) is 0 Å². The van der Waals surface area contributed by atoms with Gasteiger partial charge in [-0.1, -0.05) is 27.7 Å². The minimum Gasteiger partial charge on any atom is -0.342 e. The number of rotatable bonds is 3. The molecule has 3 atom stereocenters. The molecular formula is C14H22N2O4S. The Labute approximate surface area is 125 Å². The fraction of sp³-hybridized carbons (Fsp3) is 0.714. The second-order valence-electron chi connectivity index (χ2n) is 6.39. The molecule has 2 heterocycles. The molecule has 1 fully saturated rings. The number of amides is 2. The smallest absolute Gasteiger partial charge is 0.246 e. The van der Waals surface area contributed by atoms with Crippen molar-refractivity contribution in [3.63, 3.8) is 0 Å². The zero-order valence-electron chi connectivity index (χ0n) is 12.7. The minimum atomic E-state index is -3.28. The second-order valence-corrected chi connectivity index (χ2v) is 8.32. The van der Waals surface area contributed by atoms with Crippen molar-refractivity contribution >= 4 is 21.7 Å². The van der Waals surface area contributed by atoms with Crippen LogP contribution >= 0.6 is 0 Å². The molecule has 0 aromatic carbocycles. The molecule has 1 saturated heterocycles. The lowest BCUT2D eigenvalue weighted by Gasteiger charge is -2.44. The van der Waals surface area contributed by atoms with Gasteiger partial charge in [0, 0.05) is 5.41 Å². The number of nitrogens with zero attached hydrogens (tertiary/aromatic N) is 1. The number of hydrogen-bond donors (Lipinski definition) is 1. The Bertz CT molecular complexity index is 580. The maximum absolute atomic E-state index is 12.7. The number of nitrogens with one attached hydrogen (secondary N) is 1. The van der Waals surface area contributed by atoms with Crippen LogP contribution in [0.5, 0.6) is 0 Å². The van der Waals surface area contributed by atoms with Crippen LogP contribution in [-0.2, 0) is 19.4 Å². The van der Waals surface area contributed by atoms with E-state index in [1.807, 2.05) is 27.7 Å². The molecule has 2 amide bonds. The number of piperazine rings is 1. The summed E-state index contributed by atoms with van der Waals surface area (Å²) < 4.78 is 23.3. The summed E-state index contributed by atoms with van der Waals surface area (Å²) in [5.41, 5.74) is 0. The molecule has 0 bridgehead atoms. The third-order valence-corrected chi connectivity index (χ3v) is 5.33. The molecule has 0 aromatic rings. The van der Waals surface area contributed by atoms with Gasteiger partial charge in [0.15, 0.2) is 9.84 Å². The highest BCUT2D eigenvalue weighted by Gasteiger charge is 2.46. The van der Waals surface area contributed by atoms with Crippen LogP contribution in [0.15, 0.2) is 11.5 Å². The first-order valence-electron chi connectivity index (χ1n) is 7.17. The van der Waals surface area contributed by atoms with Gasteiger partial charge in [-0.2, -0.15) is 0 Å². The standard InChI is InChI=1S/C14H22N2O4S/c1-8(2)11-14(18)16(10-5-6-21(19,20)7-10)12(9(3)4)13(17)15-11/h5-6,8-12H,7H2,1-4H3,(H,15,17). The Hall–Kier alpha value is -1.37. The summed E-state index contributed by atoms with van der Waals surface area (Å²) in [7, 11) is -3.28. The van der Waals surface area contributed by atoms with Crippen LogP contribution in [0.2, 0.25) is 0 Å². The van der Waals surface area contributed by atoms with Crippen LogP contribution in [0.3, 0.4) is 0 Å². The molecule has 0 spiro atoms. The molecule has 0 saturated carbocycles. The third-order valence-electron chi connectivity index (χ3n) is 3.95. The van der Waals surface area contributed by atoms with Crippen molar-refractivity contribution in [3.8, 4) is 0 Å². The van der Waals surface area contributed by atoms with Crippen molar-refractivity contribution in [2.75, 3.05) is 5.75 Å². The van der Waals surface area contributed by atoms with Crippen molar-refractivity contribution in [2.45, 2.75) is 45.8 Å². The summed E-state index contributed by atoms with van der Waals surface area (Å²) >= 11 is 0.